The number of hydrogen-bond donors (Lipinski definition) is 0. The van der Waals surface area contributed by atoms with E-state index in [1.54, 1.807) is 0 Å². The number of fused-ring (bicyclic) bond motifs is 8. The van der Waals surface area contributed by atoms with Gasteiger partial charge in [0.1, 0.15) is 0 Å². The Hall–Kier alpha value is -9.30. The van der Waals surface area contributed by atoms with E-state index in [1.165, 1.54) is 123 Å². The van der Waals surface area contributed by atoms with Gasteiger partial charge in [0, 0.05) is 24.3 Å². The Morgan fingerprint density at radius 1 is 0.351 bits per heavy atom. The van der Waals surface area contributed by atoms with Gasteiger partial charge in [0.15, 0.2) is 0 Å². The van der Waals surface area contributed by atoms with Crippen molar-refractivity contribution in [2.75, 3.05) is 11.9 Å². The lowest BCUT2D eigenvalue weighted by Gasteiger charge is -2.36. The van der Waals surface area contributed by atoms with Crippen LogP contribution in [0.3, 0.4) is 0 Å². The van der Waals surface area contributed by atoms with E-state index in [9.17, 15) is 0 Å². The van der Waals surface area contributed by atoms with Crippen molar-refractivity contribution in [2.24, 2.45) is 0 Å². The highest BCUT2D eigenvalue weighted by Crippen LogP contribution is 2.60. The van der Waals surface area contributed by atoms with Gasteiger partial charge in [-0.3, -0.25) is 0 Å². The van der Waals surface area contributed by atoms with E-state index in [4.69, 9.17) is 0 Å². The highest BCUT2D eigenvalue weighted by molar-refractivity contribution is 5.94. The molecule has 15 rings (SSSR count). The average Bonchev–Trinajstić information content (AvgIpc) is 4.19. The van der Waals surface area contributed by atoms with Crippen LogP contribution in [0.25, 0.3) is 50.1 Å². The Morgan fingerprint density at radius 3 is 1.34 bits per heavy atom. The molecule has 0 aliphatic heterocycles. The first-order valence-electron chi connectivity index (χ1n) is 27.3. The third-order valence-corrected chi connectivity index (χ3v) is 17.7. The number of allylic oxidation sites excluding steroid dienone is 4. The molecule has 77 heavy (non-hydrogen) atoms. The summed E-state index contributed by atoms with van der Waals surface area (Å²) in [5, 5.41) is 0. The van der Waals surface area contributed by atoms with Crippen molar-refractivity contribution in [3.05, 3.63) is 352 Å². The van der Waals surface area contributed by atoms with E-state index < -0.39 is 10.8 Å². The maximum Gasteiger partial charge on any atom is 0.0713 e. The van der Waals surface area contributed by atoms with Gasteiger partial charge in [0.25, 0.3) is 0 Å². The zero-order valence-electron chi connectivity index (χ0n) is 43.1. The minimum Gasteiger partial charge on any atom is -0.345 e. The number of nitrogens with zero attached hydrogens (tertiary/aromatic N) is 1. The molecular weight excluding hydrogens is 927 g/mol. The lowest BCUT2D eigenvalue weighted by molar-refractivity contribution is 0.697. The molecule has 0 heterocycles. The minimum absolute atomic E-state index is 0.0732. The topological polar surface area (TPSA) is 3.24 Å². The van der Waals surface area contributed by atoms with Crippen LogP contribution in [0.2, 0.25) is 0 Å². The number of benzene rings is 11. The monoisotopic (exact) mass is 981 g/mol. The first kappa shape index (κ1) is 45.1. The molecular formula is C76H55N. The lowest BCUT2D eigenvalue weighted by Crippen LogP contribution is -2.30. The van der Waals surface area contributed by atoms with E-state index in [2.05, 4.69) is 297 Å². The molecule has 0 saturated carbocycles. The van der Waals surface area contributed by atoms with Crippen molar-refractivity contribution in [1.82, 2.24) is 0 Å². The number of anilines is 2. The summed E-state index contributed by atoms with van der Waals surface area (Å²) in [6.45, 7) is 0. The minimum atomic E-state index is -0.478. The third kappa shape index (κ3) is 6.80. The molecule has 0 N–H and O–H groups in total. The van der Waals surface area contributed by atoms with Crippen molar-refractivity contribution in [3.63, 3.8) is 0 Å². The van der Waals surface area contributed by atoms with Crippen LogP contribution in [0.15, 0.2) is 291 Å². The highest BCUT2D eigenvalue weighted by atomic mass is 15.1. The Kier molecular flexibility index (Phi) is 10.5. The second-order valence-corrected chi connectivity index (χ2v) is 21.4. The fourth-order valence-corrected chi connectivity index (χ4v) is 14.2. The molecule has 11 aromatic carbocycles. The Bertz CT molecular complexity index is 4050. The van der Waals surface area contributed by atoms with E-state index in [1.807, 2.05) is 0 Å². The summed E-state index contributed by atoms with van der Waals surface area (Å²) in [4.78, 5) is 2.27. The standard InChI is InChI=1S/C76H55N/c1-77(60-29-15-6-16-30-60)61-41-35-51(36-42-61)74-66-45-39-52(54-37-43-64-62-31-17-19-33-70(62)75(72(64)49-54,56-21-7-2-8-22-56)57-23-9-3-10-24-57)47-68(66)69-48-53(40-46-67(69)74)55-38-44-65-63-32-18-20-34-71(63)76(73(65)50-55,58-25-11-4-12-26-58)59-27-13-5-14-28-59/h2-19,21-33,35-50,74H,20,34H2,1H3. The largest absolute Gasteiger partial charge is 0.345 e. The van der Waals surface area contributed by atoms with Crippen LogP contribution < -0.4 is 4.90 Å². The molecule has 1 unspecified atom stereocenters. The summed E-state index contributed by atoms with van der Waals surface area (Å²) < 4.78 is 0. The molecule has 364 valence electrons. The van der Waals surface area contributed by atoms with Gasteiger partial charge < -0.3 is 4.90 Å². The maximum atomic E-state index is 2.53. The molecule has 1 heteroatoms. The molecule has 1 nitrogen and oxygen atoms in total. The average molecular weight is 982 g/mol. The van der Waals surface area contributed by atoms with Crippen LogP contribution in [0.1, 0.15) is 80.0 Å². The van der Waals surface area contributed by atoms with Crippen molar-refractivity contribution >= 4 is 16.9 Å². The predicted octanol–water partition coefficient (Wildman–Crippen LogP) is 18.8. The van der Waals surface area contributed by atoms with Gasteiger partial charge in [-0.25, -0.2) is 0 Å². The van der Waals surface area contributed by atoms with E-state index in [0.29, 0.717) is 0 Å². The SMILES string of the molecule is CN(c1ccccc1)c1ccc(C2c3ccc(-c4ccc5c(c4)C(c4ccccc4)(c4ccccc4)C4=C5C=CCC4)cc3-c3cc(-c4ccc5c(c4)C(c4ccccc4)(c4ccccc4)c4ccccc4-5)ccc32)cc1. The highest BCUT2D eigenvalue weighted by Gasteiger charge is 2.48. The number of rotatable bonds is 9. The molecule has 11 aromatic rings. The van der Waals surface area contributed by atoms with Gasteiger partial charge in [-0.1, -0.05) is 237 Å². The Balaban J connectivity index is 0.901. The lowest BCUT2D eigenvalue weighted by atomic mass is 9.65. The Morgan fingerprint density at radius 2 is 0.779 bits per heavy atom. The molecule has 4 aliphatic rings. The molecule has 0 radical (unpaired) electrons. The fourth-order valence-electron chi connectivity index (χ4n) is 14.2. The molecule has 4 aliphatic carbocycles. The van der Waals surface area contributed by atoms with E-state index >= 15 is 0 Å². The van der Waals surface area contributed by atoms with Crippen molar-refractivity contribution < 1.29 is 0 Å². The zero-order valence-corrected chi connectivity index (χ0v) is 43.1. The molecule has 0 aromatic heterocycles. The molecule has 0 amide bonds. The second kappa shape index (κ2) is 17.9. The number of hydrogen-bond acceptors (Lipinski definition) is 1. The normalized spacial score (nSPS) is 15.7. The molecule has 1 atom stereocenters. The maximum absolute atomic E-state index is 2.53. The van der Waals surface area contributed by atoms with Crippen molar-refractivity contribution in [1.29, 1.82) is 0 Å². The van der Waals surface area contributed by atoms with Crippen LogP contribution in [0, 0.1) is 0 Å². The van der Waals surface area contributed by atoms with Gasteiger partial charge in [-0.15, -0.1) is 0 Å². The molecule has 0 spiro atoms. The predicted molar refractivity (Wildman–Crippen MR) is 320 cm³/mol. The molecule has 0 saturated heterocycles. The van der Waals surface area contributed by atoms with Crippen molar-refractivity contribution in [2.45, 2.75) is 29.6 Å². The van der Waals surface area contributed by atoms with Crippen LogP contribution in [0.5, 0.6) is 0 Å². The molecule has 0 bridgehead atoms. The van der Waals surface area contributed by atoms with E-state index in [-0.39, 0.29) is 5.92 Å². The smallest absolute Gasteiger partial charge is 0.0713 e. The van der Waals surface area contributed by atoms with Gasteiger partial charge in [-0.2, -0.15) is 0 Å². The van der Waals surface area contributed by atoms with Crippen LogP contribution in [-0.4, -0.2) is 7.05 Å². The third-order valence-electron chi connectivity index (χ3n) is 17.7. The quantitative estimate of drug-likeness (QED) is 0.139. The van der Waals surface area contributed by atoms with Gasteiger partial charge in [-0.05, 0) is 178 Å². The van der Waals surface area contributed by atoms with Crippen LogP contribution in [0.4, 0.5) is 11.4 Å². The van der Waals surface area contributed by atoms with Gasteiger partial charge in [0.05, 0.1) is 10.8 Å². The second-order valence-electron chi connectivity index (χ2n) is 21.4. The van der Waals surface area contributed by atoms with Crippen molar-refractivity contribution in [3.8, 4) is 44.5 Å². The Labute approximate surface area is 452 Å². The first-order valence-corrected chi connectivity index (χ1v) is 27.3. The molecule has 0 fully saturated rings. The number of para-hydroxylation sites is 1. The summed E-state index contributed by atoms with van der Waals surface area (Å²) in [5.74, 6) is 0.0732. The van der Waals surface area contributed by atoms with Crippen LogP contribution >= 0.6 is 0 Å². The van der Waals surface area contributed by atoms with E-state index in [0.717, 1.165) is 18.5 Å². The summed E-state index contributed by atoms with van der Waals surface area (Å²) in [6, 6.07) is 103. The van der Waals surface area contributed by atoms with Gasteiger partial charge >= 0.3 is 0 Å². The van der Waals surface area contributed by atoms with Gasteiger partial charge in [0.2, 0.25) is 0 Å². The first-order chi connectivity index (χ1) is 38.1. The fraction of sp³-hybridized carbons (Fsp3) is 0.0789. The van der Waals surface area contributed by atoms with Crippen LogP contribution in [-0.2, 0) is 10.8 Å². The summed E-state index contributed by atoms with van der Waals surface area (Å²) in [7, 11) is 2.15. The summed E-state index contributed by atoms with van der Waals surface area (Å²) >= 11 is 0. The zero-order chi connectivity index (χ0) is 51.1. The summed E-state index contributed by atoms with van der Waals surface area (Å²) in [6.07, 6.45) is 6.83. The summed E-state index contributed by atoms with van der Waals surface area (Å²) in [5.41, 5.74) is 28.9.